The van der Waals surface area contributed by atoms with Crippen molar-refractivity contribution in [2.45, 2.75) is 84.3 Å². The Morgan fingerprint density at radius 3 is 2.26 bits per heavy atom. The molecule has 0 aliphatic carbocycles. The van der Waals surface area contributed by atoms with Crippen LogP contribution in [0.2, 0.25) is 0 Å². The second-order valence-corrected chi connectivity index (χ2v) is 9.72. The van der Waals surface area contributed by atoms with E-state index >= 15 is 0 Å². The number of rotatable bonds is 13. The summed E-state index contributed by atoms with van der Waals surface area (Å²) in [6, 6.07) is 2.48. The zero-order valence-electron chi connectivity index (χ0n) is 20.6. The maximum atomic E-state index is 12.9. The molecule has 1 heterocycles. The van der Waals surface area contributed by atoms with Gasteiger partial charge in [-0.25, -0.2) is 0 Å². The first kappa shape index (κ1) is 29.8. The van der Waals surface area contributed by atoms with Crippen LogP contribution in [0.1, 0.15) is 71.6 Å². The Kier molecular flexibility index (Phi) is 10.5. The van der Waals surface area contributed by atoms with Crippen molar-refractivity contribution < 1.29 is 27.5 Å². The summed E-state index contributed by atoms with van der Waals surface area (Å²) >= 11 is 0. The van der Waals surface area contributed by atoms with E-state index in [-0.39, 0.29) is 18.4 Å². The summed E-state index contributed by atoms with van der Waals surface area (Å²) in [4.78, 5) is 28.1. The lowest BCUT2D eigenvalue weighted by atomic mass is 9.88. The monoisotopic (exact) mass is 489 g/mol. The van der Waals surface area contributed by atoms with Crippen LogP contribution in [0.4, 0.5) is 13.2 Å². The van der Waals surface area contributed by atoms with Gasteiger partial charge in [-0.1, -0.05) is 33.3 Å². The van der Waals surface area contributed by atoms with E-state index in [4.69, 9.17) is 16.2 Å². The number of ether oxygens (including phenoxy) is 1. The molecule has 0 aliphatic heterocycles. The number of nitrogens with one attached hydrogen (secondary N) is 2. The van der Waals surface area contributed by atoms with Gasteiger partial charge in [-0.2, -0.15) is 13.2 Å². The van der Waals surface area contributed by atoms with Gasteiger partial charge in [0.15, 0.2) is 0 Å². The minimum Gasteiger partial charge on any atom is -0.374 e. The van der Waals surface area contributed by atoms with Gasteiger partial charge in [0.1, 0.15) is 0 Å². The molecule has 1 aromatic heterocycles. The molecule has 0 aromatic carbocycles. The van der Waals surface area contributed by atoms with Gasteiger partial charge in [0.2, 0.25) is 17.5 Å². The van der Waals surface area contributed by atoms with Crippen LogP contribution in [0.3, 0.4) is 0 Å². The van der Waals surface area contributed by atoms with E-state index in [2.05, 4.69) is 15.6 Å². The van der Waals surface area contributed by atoms with Gasteiger partial charge < -0.3 is 26.8 Å². The van der Waals surface area contributed by atoms with Crippen LogP contribution in [-0.2, 0) is 26.5 Å². The molecule has 34 heavy (non-hydrogen) atoms. The number of carbonyl (C=O) groups excluding carboxylic acids is 2. The van der Waals surface area contributed by atoms with Crippen LogP contribution < -0.4 is 22.1 Å². The molecule has 0 saturated carbocycles. The van der Waals surface area contributed by atoms with Gasteiger partial charge in [0.25, 0.3) is 0 Å². The standard InChI is InChI=1S/C23H38F3N5O3/c1-6-7-8-18(32)31-15-21(4,5)34-12-11-20(2,3)19(33)30-14-16-9-10-17(29-13-16)22(27,28)23(24,25)26/h9-10,13H,6-8,11-12,14-15,27-28H2,1-5H3,(H,30,33)(H,31,32). The Labute approximate surface area is 199 Å². The fourth-order valence-corrected chi connectivity index (χ4v) is 2.82. The second kappa shape index (κ2) is 11.9. The van der Waals surface area contributed by atoms with Crippen molar-refractivity contribution >= 4 is 11.8 Å². The maximum Gasteiger partial charge on any atom is 0.425 e. The van der Waals surface area contributed by atoms with E-state index in [1.165, 1.54) is 12.3 Å². The molecule has 0 aliphatic rings. The van der Waals surface area contributed by atoms with Crippen molar-refractivity contribution in [3.8, 4) is 0 Å². The first-order valence-corrected chi connectivity index (χ1v) is 11.3. The van der Waals surface area contributed by atoms with E-state index in [0.717, 1.165) is 18.9 Å². The molecule has 0 saturated heterocycles. The summed E-state index contributed by atoms with van der Waals surface area (Å²) in [5, 5.41) is 5.62. The van der Waals surface area contributed by atoms with Gasteiger partial charge in [-0.05, 0) is 38.3 Å². The maximum absolute atomic E-state index is 12.9. The SMILES string of the molecule is CCCCC(=O)NCC(C)(C)OCCC(C)(C)C(=O)NCc1ccc(C(N)(N)C(F)(F)F)nc1. The highest BCUT2D eigenvalue weighted by atomic mass is 19.4. The summed E-state index contributed by atoms with van der Waals surface area (Å²) in [6.07, 6.45) is -0.949. The molecular weight excluding hydrogens is 451 g/mol. The smallest absolute Gasteiger partial charge is 0.374 e. The Balaban J connectivity index is 2.52. The Bertz CT molecular complexity index is 809. The first-order valence-electron chi connectivity index (χ1n) is 11.3. The van der Waals surface area contributed by atoms with E-state index in [0.29, 0.717) is 31.6 Å². The minimum absolute atomic E-state index is 0.0113. The lowest BCUT2D eigenvalue weighted by Gasteiger charge is -2.29. The van der Waals surface area contributed by atoms with Crippen molar-refractivity contribution in [3.05, 3.63) is 29.6 Å². The molecule has 2 amide bonds. The molecule has 0 fully saturated rings. The van der Waals surface area contributed by atoms with Gasteiger partial charge in [-0.15, -0.1) is 0 Å². The summed E-state index contributed by atoms with van der Waals surface area (Å²) in [5.74, 6) is -0.254. The fourth-order valence-electron chi connectivity index (χ4n) is 2.82. The number of hydrogen-bond donors (Lipinski definition) is 4. The minimum atomic E-state index is -4.85. The number of halogens is 3. The molecule has 8 nitrogen and oxygen atoms in total. The number of pyridine rings is 1. The highest BCUT2D eigenvalue weighted by Crippen LogP contribution is 2.31. The average Bonchev–Trinajstić information content (AvgIpc) is 2.73. The van der Waals surface area contributed by atoms with Crippen LogP contribution in [0.15, 0.2) is 18.3 Å². The Morgan fingerprint density at radius 2 is 1.74 bits per heavy atom. The summed E-state index contributed by atoms with van der Waals surface area (Å²) in [6.45, 7) is 10.1. The van der Waals surface area contributed by atoms with E-state index < -0.39 is 28.5 Å². The number of alkyl halides is 3. The lowest BCUT2D eigenvalue weighted by Crippen LogP contribution is -2.58. The molecule has 1 rings (SSSR count). The summed E-state index contributed by atoms with van der Waals surface area (Å²) in [5.41, 5.74) is 5.92. The predicted octanol–water partition coefficient (Wildman–Crippen LogP) is 2.85. The van der Waals surface area contributed by atoms with Gasteiger partial charge >= 0.3 is 6.18 Å². The molecule has 0 spiro atoms. The molecule has 0 bridgehead atoms. The number of hydrogen-bond acceptors (Lipinski definition) is 6. The number of aromatic nitrogens is 1. The fraction of sp³-hybridized carbons (Fsp3) is 0.696. The lowest BCUT2D eigenvalue weighted by molar-refractivity contribution is -0.189. The van der Waals surface area contributed by atoms with Gasteiger partial charge in [-0.3, -0.25) is 14.6 Å². The van der Waals surface area contributed by atoms with Crippen molar-refractivity contribution in [2.24, 2.45) is 16.9 Å². The van der Waals surface area contributed by atoms with Crippen LogP contribution in [0.5, 0.6) is 0 Å². The van der Waals surface area contributed by atoms with Crippen molar-refractivity contribution in [1.29, 1.82) is 0 Å². The summed E-state index contributed by atoms with van der Waals surface area (Å²) < 4.78 is 44.7. The van der Waals surface area contributed by atoms with Crippen LogP contribution in [-0.4, -0.2) is 41.7 Å². The normalized spacial score (nSPS) is 13.0. The predicted molar refractivity (Wildman–Crippen MR) is 123 cm³/mol. The molecule has 194 valence electrons. The number of carbonyl (C=O) groups is 2. The highest BCUT2D eigenvalue weighted by molar-refractivity contribution is 5.81. The van der Waals surface area contributed by atoms with E-state index in [9.17, 15) is 22.8 Å². The Hall–Kier alpha value is -2.24. The molecule has 0 radical (unpaired) electrons. The van der Waals surface area contributed by atoms with E-state index in [1.54, 1.807) is 13.8 Å². The molecular formula is C23H38F3N5O3. The van der Waals surface area contributed by atoms with Crippen molar-refractivity contribution in [1.82, 2.24) is 15.6 Å². The third-order valence-corrected chi connectivity index (χ3v) is 5.47. The topological polar surface area (TPSA) is 132 Å². The van der Waals surface area contributed by atoms with Crippen LogP contribution >= 0.6 is 0 Å². The van der Waals surface area contributed by atoms with Crippen LogP contribution in [0, 0.1) is 5.41 Å². The third kappa shape index (κ3) is 9.19. The van der Waals surface area contributed by atoms with Crippen LogP contribution in [0.25, 0.3) is 0 Å². The van der Waals surface area contributed by atoms with Gasteiger partial charge in [0, 0.05) is 37.7 Å². The first-order chi connectivity index (χ1) is 15.5. The molecule has 0 atom stereocenters. The average molecular weight is 490 g/mol. The van der Waals surface area contributed by atoms with Crippen molar-refractivity contribution in [3.63, 3.8) is 0 Å². The number of nitrogens with zero attached hydrogens (tertiary/aromatic N) is 1. The van der Waals surface area contributed by atoms with Gasteiger partial charge in [0.05, 0.1) is 11.3 Å². The molecule has 0 unspecified atom stereocenters. The number of amides is 2. The number of nitrogens with two attached hydrogens (primary N) is 2. The molecule has 11 heteroatoms. The number of unbranched alkanes of at least 4 members (excludes halogenated alkanes) is 1. The quantitative estimate of drug-likeness (QED) is 0.315. The molecule has 6 N–H and O–H groups in total. The largest absolute Gasteiger partial charge is 0.425 e. The highest BCUT2D eigenvalue weighted by Gasteiger charge is 2.51. The second-order valence-electron chi connectivity index (χ2n) is 9.72. The molecule has 1 aromatic rings. The third-order valence-electron chi connectivity index (χ3n) is 5.47. The zero-order valence-corrected chi connectivity index (χ0v) is 20.6. The van der Waals surface area contributed by atoms with Crippen molar-refractivity contribution in [2.75, 3.05) is 13.2 Å². The van der Waals surface area contributed by atoms with E-state index in [1.807, 2.05) is 20.8 Å². The Morgan fingerprint density at radius 1 is 1.09 bits per heavy atom. The zero-order chi connectivity index (χ0) is 26.2. The summed E-state index contributed by atoms with van der Waals surface area (Å²) in [7, 11) is 0.